The third kappa shape index (κ3) is 2.83. The monoisotopic (exact) mass is 254 g/mol. The summed E-state index contributed by atoms with van der Waals surface area (Å²) >= 11 is 6.00. The largest absolute Gasteiger partial charge is 0.490 e. The highest BCUT2D eigenvalue weighted by Gasteiger charge is 2.26. The molecule has 1 aliphatic rings. The van der Waals surface area contributed by atoms with Crippen molar-refractivity contribution in [3.05, 3.63) is 18.3 Å². The van der Waals surface area contributed by atoms with Gasteiger partial charge in [0.05, 0.1) is 6.61 Å². The first kappa shape index (κ1) is 12.5. The van der Waals surface area contributed by atoms with E-state index in [1.807, 2.05) is 18.3 Å². The fourth-order valence-electron chi connectivity index (χ4n) is 2.20. The van der Waals surface area contributed by atoms with Gasteiger partial charge >= 0.3 is 0 Å². The molecule has 1 atom stereocenters. The summed E-state index contributed by atoms with van der Waals surface area (Å²) in [6.45, 7) is 3.86. The average Bonchev–Trinajstić information content (AvgIpc) is 2.84. The van der Waals surface area contributed by atoms with Crippen molar-refractivity contribution < 1.29 is 4.74 Å². The maximum Gasteiger partial charge on any atom is 0.171 e. The average molecular weight is 255 g/mol. The SMILES string of the molecule is CCCOc1cccnc1N1CCCC1CCl. The van der Waals surface area contributed by atoms with Gasteiger partial charge in [-0.05, 0) is 31.4 Å². The van der Waals surface area contributed by atoms with Crippen LogP contribution in [0.5, 0.6) is 5.75 Å². The van der Waals surface area contributed by atoms with Crippen molar-refractivity contribution in [1.29, 1.82) is 0 Å². The highest BCUT2D eigenvalue weighted by Crippen LogP contribution is 2.31. The molecule has 0 N–H and O–H groups in total. The van der Waals surface area contributed by atoms with E-state index in [4.69, 9.17) is 16.3 Å². The van der Waals surface area contributed by atoms with Gasteiger partial charge in [-0.2, -0.15) is 0 Å². The molecule has 0 bridgehead atoms. The molecule has 1 aromatic rings. The molecule has 2 rings (SSSR count). The van der Waals surface area contributed by atoms with Crippen LogP contribution in [0.25, 0.3) is 0 Å². The second-order valence-corrected chi connectivity index (χ2v) is 4.63. The van der Waals surface area contributed by atoms with E-state index in [0.717, 1.165) is 37.6 Å². The van der Waals surface area contributed by atoms with Gasteiger partial charge in [0.2, 0.25) is 0 Å². The Bertz CT molecular complexity index is 359. The van der Waals surface area contributed by atoms with Gasteiger partial charge in [-0.1, -0.05) is 6.92 Å². The molecule has 0 aliphatic carbocycles. The minimum Gasteiger partial charge on any atom is -0.490 e. The normalized spacial score (nSPS) is 19.6. The molecular formula is C13H19ClN2O. The molecule has 0 aromatic carbocycles. The summed E-state index contributed by atoms with van der Waals surface area (Å²) in [4.78, 5) is 6.73. The molecule has 0 saturated carbocycles. The lowest BCUT2D eigenvalue weighted by Crippen LogP contribution is -2.31. The maximum atomic E-state index is 6.00. The first-order chi connectivity index (χ1) is 8.36. The van der Waals surface area contributed by atoms with Crippen LogP contribution >= 0.6 is 11.6 Å². The second-order valence-electron chi connectivity index (χ2n) is 4.32. The quantitative estimate of drug-likeness (QED) is 0.755. The maximum absolute atomic E-state index is 6.00. The van der Waals surface area contributed by atoms with Crippen molar-refractivity contribution in [1.82, 2.24) is 4.98 Å². The molecule has 0 amide bonds. The first-order valence-electron chi connectivity index (χ1n) is 6.27. The number of halogens is 1. The lowest BCUT2D eigenvalue weighted by atomic mass is 10.2. The molecule has 1 unspecified atom stereocenters. The van der Waals surface area contributed by atoms with Crippen molar-refractivity contribution in [2.24, 2.45) is 0 Å². The predicted octanol–water partition coefficient (Wildman–Crippen LogP) is 3.08. The summed E-state index contributed by atoms with van der Waals surface area (Å²) in [6, 6.07) is 4.30. The standard InChI is InChI=1S/C13H19ClN2O/c1-2-9-17-12-6-3-7-15-13(12)16-8-4-5-11(16)10-14/h3,6-7,11H,2,4-5,8-10H2,1H3. The molecule has 3 nitrogen and oxygen atoms in total. The summed E-state index contributed by atoms with van der Waals surface area (Å²) < 4.78 is 5.74. The van der Waals surface area contributed by atoms with E-state index in [1.165, 1.54) is 6.42 Å². The lowest BCUT2D eigenvalue weighted by molar-refractivity contribution is 0.316. The predicted molar refractivity (Wildman–Crippen MR) is 71.1 cm³/mol. The summed E-state index contributed by atoms with van der Waals surface area (Å²) in [7, 11) is 0. The Morgan fingerprint density at radius 1 is 1.59 bits per heavy atom. The molecule has 4 heteroatoms. The van der Waals surface area contributed by atoms with Crippen molar-refractivity contribution in [3.63, 3.8) is 0 Å². The molecule has 0 radical (unpaired) electrons. The number of anilines is 1. The zero-order valence-electron chi connectivity index (χ0n) is 10.2. The van der Waals surface area contributed by atoms with Crippen LogP contribution in [0.2, 0.25) is 0 Å². The van der Waals surface area contributed by atoms with E-state index >= 15 is 0 Å². The number of hydrogen-bond acceptors (Lipinski definition) is 3. The molecule has 0 spiro atoms. The first-order valence-corrected chi connectivity index (χ1v) is 6.80. The van der Waals surface area contributed by atoms with Crippen LogP contribution in [-0.4, -0.2) is 30.1 Å². The van der Waals surface area contributed by atoms with Gasteiger partial charge in [-0.15, -0.1) is 11.6 Å². The minimum atomic E-state index is 0.399. The third-order valence-electron chi connectivity index (χ3n) is 3.04. The Labute approximate surface area is 108 Å². The third-order valence-corrected chi connectivity index (χ3v) is 3.40. The van der Waals surface area contributed by atoms with Crippen LogP contribution in [0.4, 0.5) is 5.82 Å². The van der Waals surface area contributed by atoms with Crippen LogP contribution in [0.15, 0.2) is 18.3 Å². The van der Waals surface area contributed by atoms with Crippen LogP contribution in [0, 0.1) is 0 Å². The minimum absolute atomic E-state index is 0.399. The molecule has 94 valence electrons. The number of hydrogen-bond donors (Lipinski definition) is 0. The van der Waals surface area contributed by atoms with Gasteiger partial charge in [0.1, 0.15) is 0 Å². The van der Waals surface area contributed by atoms with Gasteiger partial charge in [0.15, 0.2) is 11.6 Å². The van der Waals surface area contributed by atoms with Crippen LogP contribution in [-0.2, 0) is 0 Å². The van der Waals surface area contributed by atoms with Crippen LogP contribution < -0.4 is 9.64 Å². The summed E-state index contributed by atoms with van der Waals surface area (Å²) in [5.74, 6) is 2.49. The van der Waals surface area contributed by atoms with E-state index in [1.54, 1.807) is 0 Å². The number of rotatable bonds is 5. The molecule has 1 saturated heterocycles. The Balaban J connectivity index is 2.18. The molecule has 17 heavy (non-hydrogen) atoms. The van der Waals surface area contributed by atoms with Crippen molar-refractivity contribution in [2.75, 3.05) is 23.9 Å². The van der Waals surface area contributed by atoms with Crippen LogP contribution in [0.3, 0.4) is 0 Å². The van der Waals surface area contributed by atoms with Gasteiger partial charge < -0.3 is 9.64 Å². The van der Waals surface area contributed by atoms with E-state index in [0.29, 0.717) is 11.9 Å². The van der Waals surface area contributed by atoms with Crippen LogP contribution in [0.1, 0.15) is 26.2 Å². The van der Waals surface area contributed by atoms with Gasteiger partial charge in [-0.3, -0.25) is 0 Å². The number of ether oxygens (including phenoxy) is 1. The molecule has 2 heterocycles. The summed E-state index contributed by atoms with van der Waals surface area (Å²) in [5.41, 5.74) is 0. The topological polar surface area (TPSA) is 25.4 Å². The number of pyridine rings is 1. The van der Waals surface area contributed by atoms with E-state index in [9.17, 15) is 0 Å². The molecular weight excluding hydrogens is 236 g/mol. The highest BCUT2D eigenvalue weighted by atomic mass is 35.5. The van der Waals surface area contributed by atoms with Gasteiger partial charge in [-0.25, -0.2) is 4.98 Å². The van der Waals surface area contributed by atoms with Crippen molar-refractivity contribution >= 4 is 17.4 Å². The highest BCUT2D eigenvalue weighted by molar-refractivity contribution is 6.18. The number of alkyl halides is 1. The molecule has 1 aromatic heterocycles. The lowest BCUT2D eigenvalue weighted by Gasteiger charge is -2.25. The zero-order valence-corrected chi connectivity index (χ0v) is 11.0. The van der Waals surface area contributed by atoms with Gasteiger partial charge in [0.25, 0.3) is 0 Å². The zero-order chi connectivity index (χ0) is 12.1. The Morgan fingerprint density at radius 3 is 3.24 bits per heavy atom. The number of nitrogens with zero attached hydrogens (tertiary/aromatic N) is 2. The number of aromatic nitrogens is 1. The Kier molecular flexibility index (Phi) is 4.49. The van der Waals surface area contributed by atoms with Gasteiger partial charge in [0, 0.05) is 24.7 Å². The fourth-order valence-corrected chi connectivity index (χ4v) is 2.52. The summed E-state index contributed by atoms with van der Waals surface area (Å²) in [5, 5.41) is 0. The molecule has 1 aliphatic heterocycles. The van der Waals surface area contributed by atoms with E-state index < -0.39 is 0 Å². The molecule has 1 fully saturated rings. The summed E-state index contributed by atoms with van der Waals surface area (Å²) in [6.07, 6.45) is 5.15. The fraction of sp³-hybridized carbons (Fsp3) is 0.615. The van der Waals surface area contributed by atoms with E-state index in [-0.39, 0.29) is 0 Å². The van der Waals surface area contributed by atoms with Crippen molar-refractivity contribution in [2.45, 2.75) is 32.2 Å². The Morgan fingerprint density at radius 2 is 2.47 bits per heavy atom. The Hall–Kier alpha value is -0.960. The second kappa shape index (κ2) is 6.10. The van der Waals surface area contributed by atoms with E-state index in [2.05, 4.69) is 16.8 Å². The smallest absolute Gasteiger partial charge is 0.171 e. The van der Waals surface area contributed by atoms with Crippen molar-refractivity contribution in [3.8, 4) is 5.75 Å².